The molecule has 0 spiro atoms. The van der Waals surface area contributed by atoms with Crippen molar-refractivity contribution in [3.05, 3.63) is 92.0 Å². The zero-order chi connectivity index (χ0) is 26.0. The van der Waals surface area contributed by atoms with Crippen LogP contribution in [0.4, 0.5) is 9.18 Å². The number of carbonyl (C=O) groups is 2. The molecule has 0 radical (unpaired) electrons. The number of hydrogen-bond donors (Lipinski definition) is 0. The van der Waals surface area contributed by atoms with E-state index in [1.165, 1.54) is 73.8 Å². The summed E-state index contributed by atoms with van der Waals surface area (Å²) in [7, 11) is -2.86. The Balaban J connectivity index is 1.59. The number of benzene rings is 3. The van der Waals surface area contributed by atoms with Crippen molar-refractivity contribution in [1.82, 2.24) is 4.90 Å². The molecule has 0 atom stereocenters. The summed E-state index contributed by atoms with van der Waals surface area (Å²) in [6, 6.07) is 14.0. The molecular weight excluding hydrogens is 597 g/mol. The van der Waals surface area contributed by atoms with E-state index in [2.05, 4.69) is 15.9 Å². The largest absolute Gasteiger partial charge is 0.493 e. The summed E-state index contributed by atoms with van der Waals surface area (Å²) in [6.45, 7) is 0.00460. The van der Waals surface area contributed by atoms with E-state index >= 15 is 0 Å². The molecule has 1 saturated heterocycles. The molecule has 3 aromatic rings. The van der Waals surface area contributed by atoms with Crippen molar-refractivity contribution in [3.8, 4) is 11.5 Å². The van der Waals surface area contributed by atoms with Gasteiger partial charge in [0.1, 0.15) is 10.7 Å². The first kappa shape index (κ1) is 26.2. The number of imide groups is 1. The fourth-order valence-electron chi connectivity index (χ4n) is 3.22. The first-order valence-corrected chi connectivity index (χ1v) is 13.5. The Kier molecular flexibility index (Phi) is 7.74. The maximum Gasteiger partial charge on any atom is 0.339 e. The molecule has 3 aromatic carbocycles. The summed E-state index contributed by atoms with van der Waals surface area (Å²) in [5.74, 6) is -0.927. The van der Waals surface area contributed by atoms with Crippen molar-refractivity contribution < 1.29 is 31.3 Å². The van der Waals surface area contributed by atoms with E-state index in [0.717, 1.165) is 16.7 Å². The van der Waals surface area contributed by atoms with E-state index in [0.29, 0.717) is 16.1 Å². The van der Waals surface area contributed by atoms with Crippen LogP contribution in [0.25, 0.3) is 6.08 Å². The molecule has 4 rings (SSSR count). The van der Waals surface area contributed by atoms with Gasteiger partial charge in [0, 0.05) is 5.02 Å². The number of nitrogens with zero attached hydrogens (tertiary/aromatic N) is 1. The molecule has 36 heavy (non-hydrogen) atoms. The Hall–Kier alpha value is -2.86. The number of methoxy groups -OCH3 is 1. The summed E-state index contributed by atoms with van der Waals surface area (Å²) >= 11 is 9.88. The van der Waals surface area contributed by atoms with Gasteiger partial charge in [-0.25, -0.2) is 4.39 Å². The molecule has 1 heterocycles. The van der Waals surface area contributed by atoms with Crippen molar-refractivity contribution in [3.63, 3.8) is 0 Å². The number of rotatable bonds is 7. The van der Waals surface area contributed by atoms with Crippen LogP contribution < -0.4 is 8.92 Å². The summed E-state index contributed by atoms with van der Waals surface area (Å²) in [6.07, 6.45) is 1.49. The summed E-state index contributed by atoms with van der Waals surface area (Å²) in [5.41, 5.74) is 1.06. The van der Waals surface area contributed by atoms with Gasteiger partial charge in [-0.1, -0.05) is 23.7 Å². The van der Waals surface area contributed by atoms with E-state index in [4.69, 9.17) is 20.5 Å². The van der Waals surface area contributed by atoms with Crippen LogP contribution in [-0.4, -0.2) is 31.6 Å². The van der Waals surface area contributed by atoms with E-state index in [-0.39, 0.29) is 32.3 Å². The Bertz CT molecular complexity index is 1480. The molecule has 7 nitrogen and oxygen atoms in total. The van der Waals surface area contributed by atoms with Gasteiger partial charge in [-0.05, 0) is 93.4 Å². The molecule has 12 heteroatoms. The maximum absolute atomic E-state index is 13.2. The standard InChI is InChI=1S/C24H16BrClFNO6S2/c1-33-20-11-15(10-19(25)22(20)34-36(31,32)18-8-4-16(26)5-9-18)12-21-23(29)28(24(30)35-21)13-14-2-6-17(27)7-3-14/h2-12H,13H2,1H3/b21-12-. The molecule has 186 valence electrons. The monoisotopic (exact) mass is 611 g/mol. The predicted octanol–water partition coefficient (Wildman–Crippen LogP) is 6.25. The van der Waals surface area contributed by atoms with Gasteiger partial charge in [-0.2, -0.15) is 8.42 Å². The van der Waals surface area contributed by atoms with E-state index in [9.17, 15) is 22.4 Å². The maximum atomic E-state index is 13.2. The van der Waals surface area contributed by atoms with Gasteiger partial charge in [0.15, 0.2) is 11.5 Å². The SMILES string of the molecule is COc1cc(/C=C2\SC(=O)N(Cc3ccc(F)cc3)C2=O)cc(Br)c1OS(=O)(=O)c1ccc(Cl)cc1. The number of halogens is 3. The molecule has 0 unspecified atom stereocenters. The van der Waals surface area contributed by atoms with Crippen molar-refractivity contribution >= 4 is 66.6 Å². The Morgan fingerprint density at radius 2 is 1.75 bits per heavy atom. The Labute approximate surface area is 224 Å². The third-order valence-electron chi connectivity index (χ3n) is 4.97. The zero-order valence-electron chi connectivity index (χ0n) is 18.4. The van der Waals surface area contributed by atoms with Gasteiger partial charge in [0.05, 0.1) is 23.0 Å². The van der Waals surface area contributed by atoms with Gasteiger partial charge >= 0.3 is 10.1 Å². The highest BCUT2D eigenvalue weighted by Gasteiger charge is 2.35. The van der Waals surface area contributed by atoms with Crippen LogP contribution in [0.3, 0.4) is 0 Å². The number of ether oxygens (including phenoxy) is 1. The second kappa shape index (κ2) is 10.6. The minimum atomic E-state index is -4.19. The van der Waals surface area contributed by atoms with Gasteiger partial charge in [-0.3, -0.25) is 14.5 Å². The van der Waals surface area contributed by atoms with Gasteiger partial charge in [-0.15, -0.1) is 0 Å². The van der Waals surface area contributed by atoms with Crippen molar-refractivity contribution in [1.29, 1.82) is 0 Å². The quantitative estimate of drug-likeness (QED) is 0.230. The minimum absolute atomic E-state index is 0.00460. The second-order valence-corrected chi connectivity index (χ2v) is 11.3. The molecule has 1 aliphatic rings. The highest BCUT2D eigenvalue weighted by molar-refractivity contribution is 9.10. The summed E-state index contributed by atoms with van der Waals surface area (Å²) in [4.78, 5) is 26.4. The lowest BCUT2D eigenvalue weighted by Gasteiger charge is -2.14. The molecule has 0 aromatic heterocycles. The van der Waals surface area contributed by atoms with Crippen molar-refractivity contribution in [2.24, 2.45) is 0 Å². The third-order valence-corrected chi connectivity index (χ3v) is 7.96. The van der Waals surface area contributed by atoms with Crippen LogP contribution in [0, 0.1) is 5.82 Å². The molecular formula is C24H16BrClFNO6S2. The highest BCUT2D eigenvalue weighted by Crippen LogP contribution is 2.40. The van der Waals surface area contributed by atoms with E-state index < -0.39 is 27.1 Å². The average molecular weight is 613 g/mol. The van der Waals surface area contributed by atoms with E-state index in [1.54, 1.807) is 0 Å². The Morgan fingerprint density at radius 3 is 2.39 bits per heavy atom. The topological polar surface area (TPSA) is 90.0 Å². The number of carbonyl (C=O) groups excluding carboxylic acids is 2. The zero-order valence-corrected chi connectivity index (χ0v) is 22.4. The van der Waals surface area contributed by atoms with Crippen LogP contribution in [-0.2, 0) is 21.5 Å². The lowest BCUT2D eigenvalue weighted by Crippen LogP contribution is -2.27. The first-order chi connectivity index (χ1) is 17.1. The smallest absolute Gasteiger partial charge is 0.339 e. The number of amides is 2. The molecule has 2 amide bonds. The van der Waals surface area contributed by atoms with Gasteiger partial charge in [0.2, 0.25) is 0 Å². The Morgan fingerprint density at radius 1 is 1.08 bits per heavy atom. The number of thioether (sulfide) groups is 1. The number of hydrogen-bond acceptors (Lipinski definition) is 7. The second-order valence-electron chi connectivity index (χ2n) is 7.42. The summed E-state index contributed by atoms with van der Waals surface area (Å²) < 4.78 is 49.5. The van der Waals surface area contributed by atoms with Crippen LogP contribution in [0.1, 0.15) is 11.1 Å². The fraction of sp³-hybridized carbons (Fsp3) is 0.0833. The normalized spacial score (nSPS) is 15.0. The van der Waals surface area contributed by atoms with Crippen molar-refractivity contribution in [2.75, 3.05) is 7.11 Å². The van der Waals surface area contributed by atoms with Crippen LogP contribution in [0.15, 0.2) is 74.9 Å². The lowest BCUT2D eigenvalue weighted by molar-refractivity contribution is -0.123. The van der Waals surface area contributed by atoms with Gasteiger partial charge < -0.3 is 8.92 Å². The van der Waals surface area contributed by atoms with Crippen molar-refractivity contribution in [2.45, 2.75) is 11.4 Å². The van der Waals surface area contributed by atoms with Crippen LogP contribution in [0.2, 0.25) is 5.02 Å². The molecule has 1 aliphatic heterocycles. The fourth-order valence-corrected chi connectivity index (χ4v) is 5.79. The predicted molar refractivity (Wildman–Crippen MR) is 138 cm³/mol. The van der Waals surface area contributed by atoms with Crippen LogP contribution >= 0.6 is 39.3 Å². The molecule has 0 aliphatic carbocycles. The molecule has 1 fully saturated rings. The minimum Gasteiger partial charge on any atom is -0.493 e. The van der Waals surface area contributed by atoms with Crippen LogP contribution in [0.5, 0.6) is 11.5 Å². The molecule has 0 bridgehead atoms. The first-order valence-electron chi connectivity index (χ1n) is 10.1. The lowest BCUT2D eigenvalue weighted by atomic mass is 10.1. The van der Waals surface area contributed by atoms with E-state index in [1.807, 2.05) is 0 Å². The molecule has 0 saturated carbocycles. The third kappa shape index (κ3) is 5.75. The molecule has 0 N–H and O–H groups in total. The summed E-state index contributed by atoms with van der Waals surface area (Å²) in [5, 5.41) is -0.0882. The average Bonchev–Trinajstić information content (AvgIpc) is 3.09. The highest BCUT2D eigenvalue weighted by atomic mass is 79.9. The van der Waals surface area contributed by atoms with Gasteiger partial charge in [0.25, 0.3) is 11.1 Å².